The van der Waals surface area contributed by atoms with E-state index in [4.69, 9.17) is 9.97 Å². The van der Waals surface area contributed by atoms with Gasteiger partial charge in [-0.3, -0.25) is 14.9 Å². The number of anilines is 1. The molecule has 1 aliphatic heterocycles. The molecule has 0 aliphatic carbocycles. The fraction of sp³-hybridized carbons (Fsp3) is 0.455. The Hall–Kier alpha value is -3.21. The Labute approximate surface area is 195 Å². The summed E-state index contributed by atoms with van der Waals surface area (Å²) in [6.07, 6.45) is 5.14. The molecule has 1 saturated heterocycles. The molecule has 1 N–H and O–H groups in total. The first kappa shape index (κ1) is 23.0. The molecule has 1 amide bonds. The van der Waals surface area contributed by atoms with Crippen molar-refractivity contribution < 1.29 is 9.72 Å². The molecule has 3 heterocycles. The third-order valence-corrected chi connectivity index (χ3v) is 6.71. The number of nitrogens with zero attached hydrogens (tertiary/aromatic N) is 6. The molecule has 4 rings (SSSR count). The van der Waals surface area contributed by atoms with Crippen LogP contribution in [0.15, 0.2) is 29.6 Å². The minimum Gasteiger partial charge on any atom is -0.356 e. The monoisotopic (exact) mass is 469 g/mol. The molecule has 0 unspecified atom stereocenters. The SMILES string of the molecule is CCCSc1nc(N2CCCC2)c2cnn(CCNC(=O)c3cccc([N+](=O)[O-])c3C)c2n1. The summed E-state index contributed by atoms with van der Waals surface area (Å²) in [7, 11) is 0. The van der Waals surface area contributed by atoms with Crippen molar-refractivity contribution in [3.05, 3.63) is 45.6 Å². The second-order valence-corrected chi connectivity index (χ2v) is 9.00. The number of thioether (sulfide) groups is 1. The molecule has 174 valence electrons. The number of carbonyl (C=O) groups is 1. The Morgan fingerprint density at radius 2 is 2.06 bits per heavy atom. The van der Waals surface area contributed by atoms with Crippen molar-refractivity contribution >= 4 is 40.2 Å². The lowest BCUT2D eigenvalue weighted by Crippen LogP contribution is -2.28. The predicted molar refractivity (Wildman–Crippen MR) is 128 cm³/mol. The van der Waals surface area contributed by atoms with Crippen LogP contribution in [0, 0.1) is 17.0 Å². The van der Waals surface area contributed by atoms with Crippen molar-refractivity contribution in [1.29, 1.82) is 0 Å². The van der Waals surface area contributed by atoms with Crippen LogP contribution in [-0.4, -0.2) is 56.0 Å². The van der Waals surface area contributed by atoms with Gasteiger partial charge in [-0.25, -0.2) is 14.6 Å². The van der Waals surface area contributed by atoms with Crippen molar-refractivity contribution in [2.75, 3.05) is 30.3 Å². The van der Waals surface area contributed by atoms with Gasteiger partial charge in [0, 0.05) is 42.6 Å². The lowest BCUT2D eigenvalue weighted by atomic mass is 10.1. The van der Waals surface area contributed by atoms with Gasteiger partial charge in [0.15, 0.2) is 10.8 Å². The first-order valence-electron chi connectivity index (χ1n) is 11.1. The van der Waals surface area contributed by atoms with E-state index >= 15 is 0 Å². The zero-order valence-electron chi connectivity index (χ0n) is 18.8. The van der Waals surface area contributed by atoms with Crippen molar-refractivity contribution in [2.45, 2.75) is 44.8 Å². The van der Waals surface area contributed by atoms with Gasteiger partial charge in [0.2, 0.25) is 0 Å². The number of nitrogens with one attached hydrogen (secondary N) is 1. The summed E-state index contributed by atoms with van der Waals surface area (Å²) < 4.78 is 1.78. The number of nitro groups is 1. The molecule has 1 aliphatic rings. The van der Waals surface area contributed by atoms with E-state index in [1.165, 1.54) is 12.1 Å². The molecule has 33 heavy (non-hydrogen) atoms. The topological polar surface area (TPSA) is 119 Å². The number of aromatic nitrogens is 4. The van der Waals surface area contributed by atoms with Crippen molar-refractivity contribution in [1.82, 2.24) is 25.1 Å². The Morgan fingerprint density at radius 3 is 2.79 bits per heavy atom. The maximum absolute atomic E-state index is 12.6. The average Bonchev–Trinajstić information content (AvgIpc) is 3.47. The standard InChI is InChI=1S/C22H27N7O3S/c1-3-13-33-22-25-19(27-10-4-5-11-27)17-14-24-28(20(17)26-22)12-9-23-21(30)16-7-6-8-18(15(16)2)29(31)32/h6-8,14H,3-5,9-13H2,1-2H3,(H,23,30). The highest BCUT2D eigenvalue weighted by molar-refractivity contribution is 7.99. The maximum atomic E-state index is 12.6. The van der Waals surface area contributed by atoms with Gasteiger partial charge >= 0.3 is 0 Å². The quantitative estimate of drug-likeness (QED) is 0.219. The molecule has 1 fully saturated rings. The molecule has 3 aromatic rings. The number of benzene rings is 1. The van der Waals surface area contributed by atoms with Gasteiger partial charge < -0.3 is 10.2 Å². The third-order valence-electron chi connectivity index (χ3n) is 5.65. The normalized spacial score (nSPS) is 13.6. The van der Waals surface area contributed by atoms with Crippen LogP contribution in [-0.2, 0) is 6.54 Å². The molecule has 0 spiro atoms. The minimum absolute atomic E-state index is 0.0658. The van der Waals surface area contributed by atoms with Gasteiger partial charge in [-0.15, -0.1) is 0 Å². The highest BCUT2D eigenvalue weighted by Crippen LogP contribution is 2.29. The molecule has 11 heteroatoms. The van der Waals surface area contributed by atoms with E-state index in [0.29, 0.717) is 24.2 Å². The zero-order valence-corrected chi connectivity index (χ0v) is 19.6. The largest absolute Gasteiger partial charge is 0.356 e. The summed E-state index contributed by atoms with van der Waals surface area (Å²) >= 11 is 1.64. The van der Waals surface area contributed by atoms with E-state index in [1.54, 1.807) is 35.6 Å². The van der Waals surface area contributed by atoms with E-state index in [1.807, 2.05) is 0 Å². The maximum Gasteiger partial charge on any atom is 0.273 e. The summed E-state index contributed by atoms with van der Waals surface area (Å²) in [5.74, 6) is 1.52. The van der Waals surface area contributed by atoms with Crippen LogP contribution in [0.25, 0.3) is 11.0 Å². The lowest BCUT2D eigenvalue weighted by Gasteiger charge is -2.18. The number of hydrogen-bond donors (Lipinski definition) is 1. The summed E-state index contributed by atoms with van der Waals surface area (Å²) in [6, 6.07) is 4.51. The fourth-order valence-corrected chi connectivity index (χ4v) is 4.64. The summed E-state index contributed by atoms with van der Waals surface area (Å²) in [5, 5.41) is 20.2. The second kappa shape index (κ2) is 10.2. The molecule has 0 atom stereocenters. The van der Waals surface area contributed by atoms with Gasteiger partial charge in [0.25, 0.3) is 11.6 Å². The number of carbonyl (C=O) groups excluding carboxylic acids is 1. The first-order valence-corrected chi connectivity index (χ1v) is 12.1. The van der Waals surface area contributed by atoms with Crippen LogP contribution in [0.4, 0.5) is 11.5 Å². The Bertz CT molecular complexity index is 1170. The number of amides is 1. The lowest BCUT2D eigenvalue weighted by molar-refractivity contribution is -0.385. The Kier molecular flexibility index (Phi) is 7.07. The minimum atomic E-state index is -0.478. The molecule has 0 radical (unpaired) electrons. The summed E-state index contributed by atoms with van der Waals surface area (Å²) in [4.78, 5) is 35.2. The third kappa shape index (κ3) is 4.92. The van der Waals surface area contributed by atoms with Gasteiger partial charge in [-0.2, -0.15) is 5.10 Å². The van der Waals surface area contributed by atoms with Crippen molar-refractivity contribution in [3.8, 4) is 0 Å². The number of nitro benzene ring substituents is 1. The van der Waals surface area contributed by atoms with Crippen LogP contribution in [0.3, 0.4) is 0 Å². The highest BCUT2D eigenvalue weighted by atomic mass is 32.2. The summed E-state index contributed by atoms with van der Waals surface area (Å²) in [6.45, 7) is 6.42. The van der Waals surface area contributed by atoms with E-state index < -0.39 is 4.92 Å². The van der Waals surface area contributed by atoms with Crippen LogP contribution >= 0.6 is 11.8 Å². The second-order valence-electron chi connectivity index (χ2n) is 7.94. The van der Waals surface area contributed by atoms with Crippen LogP contribution in [0.2, 0.25) is 0 Å². The van der Waals surface area contributed by atoms with E-state index in [0.717, 1.165) is 60.1 Å². The Morgan fingerprint density at radius 1 is 1.27 bits per heavy atom. The van der Waals surface area contributed by atoms with E-state index in [2.05, 4.69) is 22.2 Å². The van der Waals surface area contributed by atoms with Crippen molar-refractivity contribution in [3.63, 3.8) is 0 Å². The highest BCUT2D eigenvalue weighted by Gasteiger charge is 2.21. The van der Waals surface area contributed by atoms with Crippen LogP contribution in [0.5, 0.6) is 0 Å². The molecule has 1 aromatic carbocycles. The van der Waals surface area contributed by atoms with E-state index in [-0.39, 0.29) is 11.6 Å². The molecule has 0 saturated carbocycles. The predicted octanol–water partition coefficient (Wildman–Crippen LogP) is 3.58. The van der Waals surface area contributed by atoms with Crippen LogP contribution < -0.4 is 10.2 Å². The molecular formula is C22H27N7O3S. The summed E-state index contributed by atoms with van der Waals surface area (Å²) in [5.41, 5.74) is 1.34. The molecular weight excluding hydrogens is 442 g/mol. The molecule has 2 aromatic heterocycles. The van der Waals surface area contributed by atoms with Gasteiger partial charge in [0.1, 0.15) is 5.82 Å². The van der Waals surface area contributed by atoms with Gasteiger partial charge in [-0.1, -0.05) is 24.8 Å². The number of hydrogen-bond acceptors (Lipinski definition) is 8. The average molecular weight is 470 g/mol. The zero-order chi connectivity index (χ0) is 23.4. The first-order chi connectivity index (χ1) is 16.0. The molecule has 0 bridgehead atoms. The number of rotatable bonds is 9. The van der Waals surface area contributed by atoms with Crippen molar-refractivity contribution in [2.24, 2.45) is 0 Å². The van der Waals surface area contributed by atoms with Crippen LogP contribution in [0.1, 0.15) is 42.1 Å². The Balaban J connectivity index is 1.52. The smallest absolute Gasteiger partial charge is 0.273 e. The number of fused-ring (bicyclic) bond motifs is 1. The molecule has 10 nitrogen and oxygen atoms in total. The van der Waals surface area contributed by atoms with Gasteiger partial charge in [-0.05, 0) is 32.3 Å². The van der Waals surface area contributed by atoms with E-state index in [9.17, 15) is 14.9 Å². The fourth-order valence-electron chi connectivity index (χ4n) is 3.95. The van der Waals surface area contributed by atoms with Gasteiger partial charge in [0.05, 0.1) is 23.1 Å².